The molecule has 0 spiro atoms. The summed E-state index contributed by atoms with van der Waals surface area (Å²) in [6.45, 7) is 6.87. The van der Waals surface area contributed by atoms with Crippen LogP contribution in [-0.4, -0.2) is 23.8 Å². The van der Waals surface area contributed by atoms with E-state index in [-0.39, 0.29) is 11.3 Å². The van der Waals surface area contributed by atoms with E-state index in [1.54, 1.807) is 6.07 Å². The number of halogens is 1. The molecule has 4 heteroatoms. The lowest BCUT2D eigenvalue weighted by Gasteiger charge is -2.08. The second kappa shape index (κ2) is 15.5. The normalized spacial score (nSPS) is 14.8. The summed E-state index contributed by atoms with van der Waals surface area (Å²) in [5, 5.41) is 0.579. The molecule has 33 heavy (non-hydrogen) atoms. The van der Waals surface area contributed by atoms with Gasteiger partial charge < -0.3 is 4.74 Å². The molecule has 0 bridgehead atoms. The van der Waals surface area contributed by atoms with Crippen molar-refractivity contribution in [2.45, 2.75) is 129 Å². The Balaban J connectivity index is 1.53. The molecule has 0 N–H and O–H groups in total. The van der Waals surface area contributed by atoms with Gasteiger partial charge in [0, 0.05) is 12.0 Å². The predicted octanol–water partition coefficient (Wildman–Crippen LogP) is 9.34. The molecule has 3 nitrogen and oxygen atoms in total. The Morgan fingerprint density at radius 2 is 1.39 bits per heavy atom. The molecule has 0 atom stereocenters. The van der Waals surface area contributed by atoms with Gasteiger partial charge in [-0.2, -0.15) is 0 Å². The van der Waals surface area contributed by atoms with Crippen LogP contribution in [-0.2, 0) is 4.74 Å². The molecule has 0 amide bonds. The summed E-state index contributed by atoms with van der Waals surface area (Å²) in [6.07, 6.45) is 20.6. The summed E-state index contributed by atoms with van der Waals surface area (Å²) >= 11 is 6.35. The van der Waals surface area contributed by atoms with Gasteiger partial charge in [-0.3, -0.25) is 4.79 Å². The van der Waals surface area contributed by atoms with Gasteiger partial charge in [0.15, 0.2) is 5.78 Å². The molecular formula is C29H46ClNO2. The van der Waals surface area contributed by atoms with Gasteiger partial charge in [-0.25, -0.2) is 4.99 Å². The molecule has 1 aromatic carbocycles. The lowest BCUT2D eigenvalue weighted by molar-refractivity contribution is 0.0979. The van der Waals surface area contributed by atoms with Crippen molar-refractivity contribution in [3.8, 4) is 0 Å². The molecule has 1 heterocycles. The lowest BCUT2D eigenvalue weighted by Crippen LogP contribution is -2.17. The van der Waals surface area contributed by atoms with E-state index in [2.05, 4.69) is 11.9 Å². The molecule has 0 aliphatic carbocycles. The average molecular weight is 476 g/mol. The molecule has 0 fully saturated rings. The number of rotatable bonds is 18. The number of nitrogens with zero attached hydrogens (tertiary/aromatic N) is 1. The summed E-state index contributed by atoms with van der Waals surface area (Å²) in [4.78, 5) is 17.3. The Morgan fingerprint density at radius 1 is 0.879 bits per heavy atom. The van der Waals surface area contributed by atoms with Gasteiger partial charge in [0.05, 0.1) is 16.1 Å². The van der Waals surface area contributed by atoms with E-state index < -0.39 is 0 Å². The molecule has 1 aliphatic rings. The number of carbonyl (C=O) groups excluding carboxylic acids is 1. The number of unbranched alkanes of at least 4 members (excludes halogenated alkanes) is 14. The quantitative estimate of drug-likeness (QED) is 0.156. The van der Waals surface area contributed by atoms with Crippen LogP contribution < -0.4 is 0 Å². The fraction of sp³-hybridized carbons (Fsp3) is 0.724. The highest BCUT2D eigenvalue weighted by atomic mass is 35.5. The molecule has 0 radical (unpaired) electrons. The molecular weight excluding hydrogens is 430 g/mol. The van der Waals surface area contributed by atoms with Crippen molar-refractivity contribution in [1.82, 2.24) is 0 Å². The third-order valence-corrected chi connectivity index (χ3v) is 6.82. The molecule has 0 saturated heterocycles. The highest BCUT2D eigenvalue weighted by Gasteiger charge is 2.28. The zero-order valence-corrected chi connectivity index (χ0v) is 22.2. The second-order valence-electron chi connectivity index (χ2n) is 10.3. The Labute approximate surface area is 207 Å². The monoisotopic (exact) mass is 475 g/mol. The summed E-state index contributed by atoms with van der Waals surface area (Å²) in [5.41, 5.74) is 1.19. The van der Waals surface area contributed by atoms with E-state index in [0.717, 1.165) is 18.4 Å². The van der Waals surface area contributed by atoms with Gasteiger partial charge in [-0.05, 0) is 38.5 Å². The average Bonchev–Trinajstić information content (AvgIpc) is 3.16. The van der Waals surface area contributed by atoms with E-state index >= 15 is 0 Å². The highest BCUT2D eigenvalue weighted by Crippen LogP contribution is 2.26. The molecule has 2 rings (SSSR count). The first-order valence-electron chi connectivity index (χ1n) is 13.5. The smallest absolute Gasteiger partial charge is 0.218 e. The minimum Gasteiger partial charge on any atom is -0.475 e. The first-order valence-corrected chi connectivity index (χ1v) is 13.9. The Bertz CT molecular complexity index is 741. The van der Waals surface area contributed by atoms with Crippen molar-refractivity contribution in [3.05, 3.63) is 34.3 Å². The SMILES string of the molecule is CCCCCCCCCCCCCCCCCC(=O)c1ccc(Cl)c(C2=NC(C)(C)CO2)c1. The third kappa shape index (κ3) is 11.1. The summed E-state index contributed by atoms with van der Waals surface area (Å²) in [7, 11) is 0. The molecule has 0 aromatic heterocycles. The first kappa shape index (κ1) is 27.9. The number of ketones is 1. The van der Waals surface area contributed by atoms with Gasteiger partial charge in [0.25, 0.3) is 0 Å². The Morgan fingerprint density at radius 3 is 1.88 bits per heavy atom. The van der Waals surface area contributed by atoms with Crippen LogP contribution in [0.15, 0.2) is 23.2 Å². The highest BCUT2D eigenvalue weighted by molar-refractivity contribution is 6.34. The maximum absolute atomic E-state index is 12.7. The lowest BCUT2D eigenvalue weighted by atomic mass is 10.0. The molecule has 1 aliphatic heterocycles. The van der Waals surface area contributed by atoms with Crippen LogP contribution in [0, 0.1) is 0 Å². The van der Waals surface area contributed by atoms with Crippen molar-refractivity contribution in [3.63, 3.8) is 0 Å². The minimum atomic E-state index is -0.243. The number of ether oxygens (including phenoxy) is 1. The zero-order valence-electron chi connectivity index (χ0n) is 21.4. The van der Waals surface area contributed by atoms with Crippen LogP contribution >= 0.6 is 11.6 Å². The second-order valence-corrected chi connectivity index (χ2v) is 10.7. The Hall–Kier alpha value is -1.35. The predicted molar refractivity (Wildman–Crippen MR) is 142 cm³/mol. The Kier molecular flexibility index (Phi) is 13.1. The maximum Gasteiger partial charge on any atom is 0.218 e. The van der Waals surface area contributed by atoms with Gasteiger partial charge in [0.1, 0.15) is 6.61 Å². The van der Waals surface area contributed by atoms with Crippen LogP contribution in [0.25, 0.3) is 0 Å². The minimum absolute atomic E-state index is 0.181. The summed E-state index contributed by atoms with van der Waals surface area (Å²) in [6, 6.07) is 5.45. The zero-order chi connectivity index (χ0) is 23.9. The number of hydrogen-bond acceptors (Lipinski definition) is 3. The molecule has 0 saturated carbocycles. The molecule has 186 valence electrons. The van der Waals surface area contributed by atoms with Gasteiger partial charge >= 0.3 is 0 Å². The van der Waals surface area contributed by atoms with Crippen molar-refractivity contribution in [2.24, 2.45) is 4.99 Å². The van der Waals surface area contributed by atoms with E-state index in [9.17, 15) is 4.79 Å². The standard InChI is InChI=1S/C29H46ClNO2/c1-4-5-6-7-8-9-10-11-12-13-14-15-16-17-18-19-27(32)24-20-21-26(30)25(22-24)28-31-29(2,3)23-33-28/h20-22H,4-19,23H2,1-3H3. The number of aliphatic imine (C=N–C) groups is 1. The van der Waals surface area contributed by atoms with Crippen LogP contribution in [0.3, 0.4) is 0 Å². The number of carbonyl (C=O) groups is 1. The molecule has 1 aromatic rings. The van der Waals surface area contributed by atoms with Crippen molar-refractivity contribution < 1.29 is 9.53 Å². The van der Waals surface area contributed by atoms with E-state index in [0.29, 0.717) is 29.5 Å². The van der Waals surface area contributed by atoms with Crippen LogP contribution in [0.5, 0.6) is 0 Å². The number of hydrogen-bond donors (Lipinski definition) is 0. The van der Waals surface area contributed by atoms with E-state index in [1.165, 1.54) is 83.5 Å². The van der Waals surface area contributed by atoms with E-state index in [1.807, 2.05) is 26.0 Å². The van der Waals surface area contributed by atoms with Crippen LogP contribution in [0.2, 0.25) is 5.02 Å². The van der Waals surface area contributed by atoms with Gasteiger partial charge in [0.2, 0.25) is 5.90 Å². The van der Waals surface area contributed by atoms with Crippen LogP contribution in [0.1, 0.15) is 139 Å². The number of benzene rings is 1. The van der Waals surface area contributed by atoms with Crippen molar-refractivity contribution in [1.29, 1.82) is 0 Å². The van der Waals surface area contributed by atoms with Gasteiger partial charge in [-0.1, -0.05) is 108 Å². The summed E-state index contributed by atoms with van der Waals surface area (Å²) < 4.78 is 5.71. The van der Waals surface area contributed by atoms with Crippen molar-refractivity contribution >= 4 is 23.3 Å². The fourth-order valence-corrected chi connectivity index (χ4v) is 4.58. The number of Topliss-reactive ketones (excluding diaryl/α,β-unsaturated/α-hetero) is 1. The van der Waals surface area contributed by atoms with Crippen LogP contribution in [0.4, 0.5) is 0 Å². The fourth-order valence-electron chi connectivity index (χ4n) is 4.39. The topological polar surface area (TPSA) is 38.7 Å². The third-order valence-electron chi connectivity index (χ3n) is 6.49. The maximum atomic E-state index is 12.7. The first-order chi connectivity index (χ1) is 15.9. The molecule has 0 unspecified atom stereocenters. The van der Waals surface area contributed by atoms with E-state index in [4.69, 9.17) is 16.3 Å². The van der Waals surface area contributed by atoms with Crippen molar-refractivity contribution in [2.75, 3.05) is 6.61 Å². The van der Waals surface area contributed by atoms with Gasteiger partial charge in [-0.15, -0.1) is 0 Å². The summed E-state index contributed by atoms with van der Waals surface area (Å²) in [5.74, 6) is 0.729. The largest absolute Gasteiger partial charge is 0.475 e.